The number of hydrogen-bond acceptors (Lipinski definition) is 6. The number of hydrogen-bond donors (Lipinski definition) is 4. The number of nitrogens with one attached hydrogen (secondary N) is 1. The normalized spacial score (nSPS) is 11.0. The van der Waals surface area contributed by atoms with Gasteiger partial charge in [0.05, 0.1) is 29.8 Å². The van der Waals surface area contributed by atoms with Crippen molar-refractivity contribution in [2.45, 2.75) is 26.7 Å². The van der Waals surface area contributed by atoms with E-state index in [9.17, 15) is 24.6 Å². The lowest BCUT2D eigenvalue weighted by molar-refractivity contribution is -0.133. The minimum atomic E-state index is -1.31. The van der Waals surface area contributed by atoms with Crippen molar-refractivity contribution >= 4 is 23.5 Å². The Labute approximate surface area is 174 Å². The lowest BCUT2D eigenvalue weighted by Crippen LogP contribution is -2.28. The monoisotopic (exact) mass is 417 g/mol. The second kappa shape index (κ2) is 10.6. The summed E-state index contributed by atoms with van der Waals surface area (Å²) in [5, 5.41) is 18.8. The molecule has 0 unspecified atom stereocenters. The van der Waals surface area contributed by atoms with Crippen molar-refractivity contribution < 1.29 is 29.4 Å². The fourth-order valence-electron chi connectivity index (χ4n) is 3.30. The maximum Gasteiger partial charge on any atom is 0.338 e. The second-order valence-corrected chi connectivity index (χ2v) is 6.77. The van der Waals surface area contributed by atoms with E-state index in [1.165, 1.54) is 12.1 Å². The molecule has 9 nitrogen and oxygen atoms in total. The molecule has 0 aromatic rings. The first kappa shape index (κ1) is 23.1. The first-order valence-corrected chi connectivity index (χ1v) is 9.73. The van der Waals surface area contributed by atoms with Gasteiger partial charge in [0.15, 0.2) is 0 Å². The van der Waals surface area contributed by atoms with Crippen molar-refractivity contribution in [3.8, 4) is 11.1 Å². The summed E-state index contributed by atoms with van der Waals surface area (Å²) in [6, 6.07) is 6.07. The molecule has 0 aliphatic heterocycles. The summed E-state index contributed by atoms with van der Waals surface area (Å²) >= 11 is 0. The third kappa shape index (κ3) is 5.46. The van der Waals surface area contributed by atoms with E-state index < -0.39 is 11.9 Å². The van der Waals surface area contributed by atoms with Crippen LogP contribution in [0.3, 0.4) is 0 Å². The van der Waals surface area contributed by atoms with Crippen LogP contribution < -0.4 is 11.2 Å². The average molecular weight is 417 g/mol. The number of nitrogens with two attached hydrogens (primary N) is 1. The maximum absolute atomic E-state index is 12.1. The number of nitrogens with zero attached hydrogens (tertiary/aromatic N) is 1. The molecule has 0 bridgehead atoms. The zero-order valence-electron chi connectivity index (χ0n) is 17.1. The van der Waals surface area contributed by atoms with Crippen molar-refractivity contribution in [2.75, 3.05) is 32.0 Å². The molecular weight excluding hydrogens is 390 g/mol. The van der Waals surface area contributed by atoms with E-state index in [2.05, 4.69) is 24.2 Å². The number of anilines is 1. The Morgan fingerprint density at radius 2 is 1.53 bits per heavy atom. The largest absolute Gasteiger partial charge is 0.478 e. The van der Waals surface area contributed by atoms with Crippen molar-refractivity contribution in [1.82, 2.24) is 10.4 Å². The van der Waals surface area contributed by atoms with Crippen molar-refractivity contribution in [1.29, 1.82) is 0 Å². The highest BCUT2D eigenvalue weighted by Crippen LogP contribution is 2.38. The van der Waals surface area contributed by atoms with Gasteiger partial charge in [-0.05, 0) is 36.2 Å². The molecule has 162 valence electrons. The molecule has 0 heterocycles. The first-order valence-electron chi connectivity index (χ1n) is 9.73. The fourth-order valence-corrected chi connectivity index (χ4v) is 3.30. The minimum Gasteiger partial charge on any atom is -0.478 e. The Balaban J connectivity index is 2.06. The van der Waals surface area contributed by atoms with E-state index in [1.807, 2.05) is 0 Å². The summed E-state index contributed by atoms with van der Waals surface area (Å²) in [4.78, 5) is 42.6. The molecule has 2 aliphatic carbocycles. The zero-order valence-corrected chi connectivity index (χ0v) is 17.1. The molecule has 2 rings (SSSR count). The van der Waals surface area contributed by atoms with Gasteiger partial charge in [-0.25, -0.2) is 15.1 Å². The predicted molar refractivity (Wildman–Crippen MR) is 112 cm³/mol. The van der Waals surface area contributed by atoms with E-state index in [0.29, 0.717) is 12.2 Å². The topological polar surface area (TPSA) is 142 Å². The zero-order chi connectivity index (χ0) is 22.3. The van der Waals surface area contributed by atoms with Gasteiger partial charge < -0.3 is 20.8 Å². The van der Waals surface area contributed by atoms with Crippen LogP contribution in [0.15, 0.2) is 24.3 Å². The highest BCUT2D eigenvalue weighted by molar-refractivity contribution is 6.14. The van der Waals surface area contributed by atoms with Gasteiger partial charge in [0.1, 0.15) is 0 Å². The summed E-state index contributed by atoms with van der Waals surface area (Å²) in [5.74, 6) is -2.98. The molecule has 0 aromatic heterocycles. The van der Waals surface area contributed by atoms with Crippen LogP contribution in [-0.2, 0) is 16.1 Å². The van der Waals surface area contributed by atoms with E-state index >= 15 is 0 Å². The molecule has 0 saturated carbocycles. The molecule has 0 atom stereocenters. The Bertz CT molecular complexity index is 843. The lowest BCUT2D eigenvalue weighted by Gasteiger charge is -2.17. The molecule has 0 radical (unpaired) electrons. The highest BCUT2D eigenvalue weighted by atomic mass is 16.6. The van der Waals surface area contributed by atoms with Crippen LogP contribution in [0.2, 0.25) is 0 Å². The molecule has 0 aromatic carbocycles. The van der Waals surface area contributed by atoms with Gasteiger partial charge in [0.2, 0.25) is 5.91 Å². The molecule has 0 spiro atoms. The standard InChI is InChI=1S/C21H27N3O6/c1-3-24(4-2)10-5-11-30-23-16(25)12-13-6-8-14-15(9-7-13)18(21(28)29)19(22)17(14)20(26)27/h6-9H,3-5,10-12,22H2,1-2H3,(H,23,25)(H,26,27)(H,28,29). The van der Waals surface area contributed by atoms with E-state index in [4.69, 9.17) is 10.6 Å². The lowest BCUT2D eigenvalue weighted by atomic mass is 10.1. The van der Waals surface area contributed by atoms with Crippen LogP contribution in [-0.4, -0.2) is 59.2 Å². The fraction of sp³-hybridized carbons (Fsp3) is 0.381. The number of carbonyl (C=O) groups is 3. The minimum absolute atomic E-state index is 0.00634. The van der Waals surface area contributed by atoms with Crippen LogP contribution in [0.5, 0.6) is 0 Å². The number of amides is 1. The molecule has 2 aliphatic rings. The van der Waals surface area contributed by atoms with Crippen LogP contribution in [0.25, 0.3) is 11.1 Å². The van der Waals surface area contributed by atoms with Crippen LogP contribution in [0.1, 0.15) is 46.5 Å². The molecule has 9 heteroatoms. The van der Waals surface area contributed by atoms with Gasteiger partial charge in [0.25, 0.3) is 0 Å². The van der Waals surface area contributed by atoms with Crippen LogP contribution >= 0.6 is 0 Å². The summed E-state index contributed by atoms with van der Waals surface area (Å²) in [5.41, 5.74) is 8.32. The van der Waals surface area contributed by atoms with E-state index in [1.54, 1.807) is 12.1 Å². The van der Waals surface area contributed by atoms with Gasteiger partial charge in [0, 0.05) is 6.54 Å². The summed E-state index contributed by atoms with van der Waals surface area (Å²) in [6.07, 6.45) is 0.780. The number of carboxylic acid groups (broad SMARTS) is 2. The molecule has 30 heavy (non-hydrogen) atoms. The van der Waals surface area contributed by atoms with Gasteiger partial charge in [-0.3, -0.25) is 9.63 Å². The van der Waals surface area contributed by atoms with Gasteiger partial charge in [-0.1, -0.05) is 38.1 Å². The van der Waals surface area contributed by atoms with Crippen LogP contribution in [0.4, 0.5) is 5.69 Å². The smallest absolute Gasteiger partial charge is 0.338 e. The summed E-state index contributed by atoms with van der Waals surface area (Å²) < 4.78 is 0. The van der Waals surface area contributed by atoms with E-state index in [0.717, 1.165) is 26.1 Å². The Hall–Kier alpha value is -3.17. The number of carboxylic acids is 2. The molecule has 1 amide bonds. The summed E-state index contributed by atoms with van der Waals surface area (Å²) in [7, 11) is 0. The molecule has 0 saturated heterocycles. The molecular formula is C21H27N3O6. The van der Waals surface area contributed by atoms with Crippen molar-refractivity contribution in [3.63, 3.8) is 0 Å². The third-order valence-electron chi connectivity index (χ3n) is 4.89. The number of carbonyl (C=O) groups excluding carboxylic acids is 1. The Kier molecular flexibility index (Phi) is 8.14. The van der Waals surface area contributed by atoms with Crippen molar-refractivity contribution in [3.05, 3.63) is 41.0 Å². The SMILES string of the molecule is CCN(CC)CCCONC(=O)Cc1ccc2c(C(=O)O)c(N)c(C(=O)O)c-2cc1. The van der Waals surface area contributed by atoms with Crippen LogP contribution in [0, 0.1) is 0 Å². The number of fused-ring (bicyclic) bond motifs is 1. The average Bonchev–Trinajstić information content (AvgIpc) is 2.84. The maximum atomic E-state index is 12.1. The third-order valence-corrected chi connectivity index (χ3v) is 4.89. The summed E-state index contributed by atoms with van der Waals surface area (Å²) in [6.45, 7) is 7.37. The number of aromatic carboxylic acids is 2. The Morgan fingerprint density at radius 1 is 1.00 bits per heavy atom. The number of hydroxylamine groups is 1. The predicted octanol–water partition coefficient (Wildman–Crippen LogP) is 2.09. The van der Waals surface area contributed by atoms with Gasteiger partial charge >= 0.3 is 11.9 Å². The quantitative estimate of drug-likeness (QED) is 0.322. The Morgan fingerprint density at radius 3 is 2.00 bits per heavy atom. The number of nitrogen functional groups attached to an aromatic ring is 1. The molecule has 0 fully saturated rings. The highest BCUT2D eigenvalue weighted by Gasteiger charge is 2.28. The number of rotatable bonds is 11. The first-order chi connectivity index (χ1) is 14.3. The van der Waals surface area contributed by atoms with Gasteiger partial charge in [-0.15, -0.1) is 0 Å². The van der Waals surface area contributed by atoms with Crippen molar-refractivity contribution in [2.24, 2.45) is 0 Å². The molecule has 5 N–H and O–H groups in total. The van der Waals surface area contributed by atoms with E-state index in [-0.39, 0.29) is 40.3 Å². The second-order valence-electron chi connectivity index (χ2n) is 6.77. The van der Waals surface area contributed by atoms with Gasteiger partial charge in [-0.2, -0.15) is 0 Å².